The van der Waals surface area contributed by atoms with Crippen LogP contribution in [0.5, 0.6) is 0 Å². The fourth-order valence-corrected chi connectivity index (χ4v) is 2.23. The fourth-order valence-electron chi connectivity index (χ4n) is 1.20. The third-order valence-electron chi connectivity index (χ3n) is 2.26. The minimum Gasteiger partial charge on any atom is -0.330 e. The summed E-state index contributed by atoms with van der Waals surface area (Å²) in [5.41, 5.74) is 5.43. The monoisotopic (exact) mass is 237 g/mol. The third-order valence-corrected chi connectivity index (χ3v) is 3.39. The Morgan fingerprint density at radius 3 is 2.40 bits per heavy atom. The zero-order valence-electron chi connectivity index (χ0n) is 9.62. The minimum absolute atomic E-state index is 0.327. The molecule has 0 saturated carbocycles. The molecular formula is C9H23N3O2S. The summed E-state index contributed by atoms with van der Waals surface area (Å²) >= 11 is 0. The van der Waals surface area contributed by atoms with E-state index in [2.05, 4.69) is 9.44 Å². The molecule has 0 heterocycles. The molecule has 0 aromatic carbocycles. The molecule has 0 fully saturated rings. The predicted molar refractivity (Wildman–Crippen MR) is 62.7 cm³/mol. The van der Waals surface area contributed by atoms with Gasteiger partial charge in [-0.05, 0) is 25.3 Å². The Balaban J connectivity index is 3.90. The predicted octanol–water partition coefficient (Wildman–Crippen LogP) is 0.195. The van der Waals surface area contributed by atoms with Gasteiger partial charge in [0.25, 0.3) is 10.2 Å². The highest BCUT2D eigenvalue weighted by Crippen LogP contribution is 2.05. The SMILES string of the molecule is CCCNS(=O)(=O)NCC(CC)CCN. The summed E-state index contributed by atoms with van der Waals surface area (Å²) in [7, 11) is -3.31. The summed E-state index contributed by atoms with van der Waals surface area (Å²) in [6.07, 6.45) is 2.58. The molecule has 0 aliphatic carbocycles. The Bertz CT molecular complexity index is 242. The maximum absolute atomic E-state index is 11.4. The molecule has 6 heteroatoms. The van der Waals surface area contributed by atoms with E-state index in [0.29, 0.717) is 25.6 Å². The molecule has 4 N–H and O–H groups in total. The summed E-state index contributed by atoms with van der Waals surface area (Å²) in [5, 5.41) is 0. The van der Waals surface area contributed by atoms with Crippen LogP contribution in [0.15, 0.2) is 0 Å². The van der Waals surface area contributed by atoms with Crippen LogP contribution in [-0.4, -0.2) is 28.1 Å². The van der Waals surface area contributed by atoms with Crippen molar-refractivity contribution < 1.29 is 8.42 Å². The third kappa shape index (κ3) is 7.72. The Morgan fingerprint density at radius 1 is 1.27 bits per heavy atom. The standard InChI is InChI=1S/C9H23N3O2S/c1-3-7-11-15(13,14)12-8-9(4-2)5-6-10/h9,11-12H,3-8,10H2,1-2H3. The highest BCUT2D eigenvalue weighted by Gasteiger charge is 2.11. The molecule has 5 nitrogen and oxygen atoms in total. The van der Waals surface area contributed by atoms with Crippen LogP contribution in [0, 0.1) is 5.92 Å². The first-order valence-electron chi connectivity index (χ1n) is 5.50. The lowest BCUT2D eigenvalue weighted by atomic mass is 10.0. The van der Waals surface area contributed by atoms with Crippen LogP contribution in [0.2, 0.25) is 0 Å². The second-order valence-electron chi connectivity index (χ2n) is 3.60. The lowest BCUT2D eigenvalue weighted by Crippen LogP contribution is -2.39. The first kappa shape index (κ1) is 14.8. The van der Waals surface area contributed by atoms with E-state index in [1.807, 2.05) is 13.8 Å². The smallest absolute Gasteiger partial charge is 0.276 e. The van der Waals surface area contributed by atoms with Gasteiger partial charge in [0.2, 0.25) is 0 Å². The number of rotatable bonds is 9. The molecule has 0 aromatic rings. The van der Waals surface area contributed by atoms with Crippen molar-refractivity contribution in [2.75, 3.05) is 19.6 Å². The molecule has 0 aliphatic heterocycles. The maximum Gasteiger partial charge on any atom is 0.276 e. The molecule has 0 aliphatic rings. The molecule has 1 unspecified atom stereocenters. The van der Waals surface area contributed by atoms with E-state index in [0.717, 1.165) is 19.3 Å². The van der Waals surface area contributed by atoms with Crippen molar-refractivity contribution in [2.45, 2.75) is 33.1 Å². The van der Waals surface area contributed by atoms with Crippen molar-refractivity contribution in [3.8, 4) is 0 Å². The second kappa shape index (κ2) is 8.04. The van der Waals surface area contributed by atoms with Gasteiger partial charge < -0.3 is 5.73 Å². The quantitative estimate of drug-likeness (QED) is 0.535. The summed E-state index contributed by atoms with van der Waals surface area (Å²) in [4.78, 5) is 0. The van der Waals surface area contributed by atoms with Gasteiger partial charge in [0.05, 0.1) is 0 Å². The van der Waals surface area contributed by atoms with Gasteiger partial charge in [0, 0.05) is 13.1 Å². The summed E-state index contributed by atoms with van der Waals surface area (Å²) in [5.74, 6) is 0.327. The fraction of sp³-hybridized carbons (Fsp3) is 1.00. The van der Waals surface area contributed by atoms with Gasteiger partial charge in [-0.2, -0.15) is 8.42 Å². The normalized spacial score (nSPS) is 14.1. The molecule has 0 saturated heterocycles. The van der Waals surface area contributed by atoms with Gasteiger partial charge in [-0.1, -0.05) is 20.3 Å². The zero-order valence-corrected chi connectivity index (χ0v) is 10.4. The highest BCUT2D eigenvalue weighted by atomic mass is 32.2. The van der Waals surface area contributed by atoms with E-state index < -0.39 is 10.2 Å². The lowest BCUT2D eigenvalue weighted by molar-refractivity contribution is 0.463. The molecule has 0 spiro atoms. The van der Waals surface area contributed by atoms with Crippen molar-refractivity contribution in [2.24, 2.45) is 11.7 Å². The van der Waals surface area contributed by atoms with E-state index in [-0.39, 0.29) is 0 Å². The van der Waals surface area contributed by atoms with Crippen LogP contribution in [-0.2, 0) is 10.2 Å². The number of nitrogens with one attached hydrogen (secondary N) is 2. The molecular weight excluding hydrogens is 214 g/mol. The molecule has 15 heavy (non-hydrogen) atoms. The minimum atomic E-state index is -3.31. The first-order valence-corrected chi connectivity index (χ1v) is 6.98. The number of hydrogen-bond donors (Lipinski definition) is 3. The van der Waals surface area contributed by atoms with E-state index in [4.69, 9.17) is 5.73 Å². The molecule has 0 radical (unpaired) electrons. The van der Waals surface area contributed by atoms with E-state index in [9.17, 15) is 8.42 Å². The summed E-state index contributed by atoms with van der Waals surface area (Å²) in [6, 6.07) is 0. The van der Waals surface area contributed by atoms with E-state index in [1.165, 1.54) is 0 Å². The maximum atomic E-state index is 11.4. The van der Waals surface area contributed by atoms with Crippen molar-refractivity contribution >= 4 is 10.2 Å². The topological polar surface area (TPSA) is 84.2 Å². The Labute approximate surface area is 93.0 Å². The molecule has 92 valence electrons. The van der Waals surface area contributed by atoms with Crippen LogP contribution in [0.25, 0.3) is 0 Å². The average Bonchev–Trinajstić information content (AvgIpc) is 2.21. The van der Waals surface area contributed by atoms with E-state index >= 15 is 0 Å². The highest BCUT2D eigenvalue weighted by molar-refractivity contribution is 7.87. The van der Waals surface area contributed by atoms with Crippen LogP contribution < -0.4 is 15.2 Å². The first-order chi connectivity index (χ1) is 7.05. The summed E-state index contributed by atoms with van der Waals surface area (Å²) in [6.45, 7) is 5.50. The zero-order chi connectivity index (χ0) is 11.7. The van der Waals surface area contributed by atoms with Crippen LogP contribution >= 0.6 is 0 Å². The van der Waals surface area contributed by atoms with Gasteiger partial charge in [-0.3, -0.25) is 0 Å². The number of hydrogen-bond acceptors (Lipinski definition) is 3. The Hall–Kier alpha value is -0.170. The van der Waals surface area contributed by atoms with Crippen molar-refractivity contribution in [3.05, 3.63) is 0 Å². The second-order valence-corrected chi connectivity index (χ2v) is 5.18. The van der Waals surface area contributed by atoms with Gasteiger partial charge >= 0.3 is 0 Å². The van der Waals surface area contributed by atoms with Crippen molar-refractivity contribution in [1.82, 2.24) is 9.44 Å². The Morgan fingerprint density at radius 2 is 1.93 bits per heavy atom. The average molecular weight is 237 g/mol. The van der Waals surface area contributed by atoms with Gasteiger partial charge in [-0.15, -0.1) is 0 Å². The molecule has 1 atom stereocenters. The lowest BCUT2D eigenvalue weighted by Gasteiger charge is -2.14. The van der Waals surface area contributed by atoms with Gasteiger partial charge in [0.15, 0.2) is 0 Å². The van der Waals surface area contributed by atoms with Crippen molar-refractivity contribution in [1.29, 1.82) is 0 Å². The largest absolute Gasteiger partial charge is 0.330 e. The Kier molecular flexibility index (Phi) is 7.95. The van der Waals surface area contributed by atoms with Gasteiger partial charge in [0.1, 0.15) is 0 Å². The number of nitrogens with two attached hydrogens (primary N) is 1. The molecule has 0 bridgehead atoms. The van der Waals surface area contributed by atoms with Gasteiger partial charge in [-0.25, -0.2) is 9.44 Å². The molecule has 0 amide bonds. The van der Waals surface area contributed by atoms with Crippen LogP contribution in [0.4, 0.5) is 0 Å². The summed E-state index contributed by atoms with van der Waals surface area (Å²) < 4.78 is 27.7. The van der Waals surface area contributed by atoms with E-state index in [1.54, 1.807) is 0 Å². The molecule has 0 rings (SSSR count). The van der Waals surface area contributed by atoms with Crippen LogP contribution in [0.3, 0.4) is 0 Å². The van der Waals surface area contributed by atoms with Crippen LogP contribution in [0.1, 0.15) is 33.1 Å². The van der Waals surface area contributed by atoms with Crippen molar-refractivity contribution in [3.63, 3.8) is 0 Å². The molecule has 0 aromatic heterocycles.